The molecule has 0 atom stereocenters. The summed E-state index contributed by atoms with van der Waals surface area (Å²) < 4.78 is 5.45. The topological polar surface area (TPSA) is 66.8 Å². The zero-order chi connectivity index (χ0) is 15.6. The maximum Gasteiger partial charge on any atom is 0.339 e. The van der Waals surface area contributed by atoms with Gasteiger partial charge in [-0.3, -0.25) is 0 Å². The number of phenols is 1. The first-order valence-electron chi connectivity index (χ1n) is 5.71. The van der Waals surface area contributed by atoms with Gasteiger partial charge >= 0.3 is 5.97 Å². The minimum Gasteiger partial charge on any atom is -0.507 e. The quantitative estimate of drug-likeness (QED) is 0.846. The van der Waals surface area contributed by atoms with Crippen molar-refractivity contribution in [1.82, 2.24) is 0 Å². The van der Waals surface area contributed by atoms with Gasteiger partial charge in [0.1, 0.15) is 23.7 Å². The molecule has 0 amide bonds. The zero-order valence-electron chi connectivity index (χ0n) is 10.4. The van der Waals surface area contributed by atoms with Gasteiger partial charge in [0.2, 0.25) is 0 Å². The second-order valence-corrected chi connectivity index (χ2v) is 5.38. The van der Waals surface area contributed by atoms with Crippen molar-refractivity contribution in [3.63, 3.8) is 0 Å². The Hall–Kier alpha value is -1.62. The number of carboxylic acids is 1. The van der Waals surface area contributed by atoms with E-state index in [1.807, 2.05) is 0 Å². The van der Waals surface area contributed by atoms with E-state index in [0.29, 0.717) is 15.6 Å². The van der Waals surface area contributed by atoms with E-state index in [2.05, 4.69) is 0 Å². The highest BCUT2D eigenvalue weighted by atomic mass is 35.5. The van der Waals surface area contributed by atoms with Crippen LogP contribution in [0.1, 0.15) is 15.9 Å². The van der Waals surface area contributed by atoms with Gasteiger partial charge in [0.15, 0.2) is 0 Å². The zero-order valence-corrected chi connectivity index (χ0v) is 12.7. The first kappa shape index (κ1) is 15.8. The third kappa shape index (κ3) is 3.73. The van der Waals surface area contributed by atoms with Crippen LogP contribution < -0.4 is 4.74 Å². The number of aromatic hydroxyl groups is 1. The Morgan fingerprint density at radius 1 is 1.10 bits per heavy atom. The molecule has 7 heteroatoms. The molecule has 0 aliphatic rings. The second kappa shape index (κ2) is 6.43. The number of hydrogen-bond donors (Lipinski definition) is 2. The molecule has 2 rings (SSSR count). The highest BCUT2D eigenvalue weighted by Gasteiger charge is 2.14. The van der Waals surface area contributed by atoms with Crippen molar-refractivity contribution in [3.8, 4) is 11.5 Å². The summed E-state index contributed by atoms with van der Waals surface area (Å²) in [6, 6.07) is 7.21. The molecule has 21 heavy (non-hydrogen) atoms. The molecule has 0 saturated carbocycles. The summed E-state index contributed by atoms with van der Waals surface area (Å²) in [6.07, 6.45) is 0. The van der Waals surface area contributed by atoms with Crippen molar-refractivity contribution in [2.75, 3.05) is 0 Å². The molecule has 2 aromatic rings. The fraction of sp³-hybridized carbons (Fsp3) is 0.0714. The fourth-order valence-corrected chi connectivity index (χ4v) is 2.30. The molecular weight excluding hydrogens is 339 g/mol. The maximum absolute atomic E-state index is 10.9. The van der Waals surface area contributed by atoms with Gasteiger partial charge < -0.3 is 14.9 Å². The smallest absolute Gasteiger partial charge is 0.339 e. The van der Waals surface area contributed by atoms with Crippen LogP contribution in [0.3, 0.4) is 0 Å². The molecule has 2 N–H and O–H groups in total. The van der Waals surface area contributed by atoms with Crippen LogP contribution in [-0.2, 0) is 6.61 Å². The van der Waals surface area contributed by atoms with E-state index in [1.54, 1.807) is 18.2 Å². The Morgan fingerprint density at radius 3 is 2.43 bits per heavy atom. The third-order valence-corrected chi connectivity index (χ3v) is 3.56. The predicted molar refractivity (Wildman–Crippen MR) is 80.9 cm³/mol. The van der Waals surface area contributed by atoms with Crippen LogP contribution in [0.4, 0.5) is 0 Å². The van der Waals surface area contributed by atoms with Crippen molar-refractivity contribution in [1.29, 1.82) is 0 Å². The highest BCUT2D eigenvalue weighted by molar-refractivity contribution is 6.35. The van der Waals surface area contributed by atoms with Crippen molar-refractivity contribution in [3.05, 3.63) is 56.5 Å². The van der Waals surface area contributed by atoms with Gasteiger partial charge in [-0.15, -0.1) is 0 Å². The number of hydrogen-bond acceptors (Lipinski definition) is 3. The van der Waals surface area contributed by atoms with Crippen molar-refractivity contribution < 1.29 is 19.7 Å². The molecule has 110 valence electrons. The molecule has 0 spiro atoms. The summed E-state index contributed by atoms with van der Waals surface area (Å²) in [6.45, 7) is 0.0988. The van der Waals surface area contributed by atoms with E-state index < -0.39 is 11.7 Å². The normalized spacial score (nSPS) is 10.4. The van der Waals surface area contributed by atoms with E-state index in [9.17, 15) is 9.90 Å². The lowest BCUT2D eigenvalue weighted by Crippen LogP contribution is -2.00. The SMILES string of the molecule is O=C(O)c1cc(Cl)c(OCc2ccc(Cl)cc2Cl)cc1O. The van der Waals surface area contributed by atoms with Crippen LogP contribution in [0.2, 0.25) is 15.1 Å². The van der Waals surface area contributed by atoms with Crippen molar-refractivity contribution in [2.24, 2.45) is 0 Å². The summed E-state index contributed by atoms with van der Waals surface area (Å²) >= 11 is 17.7. The molecule has 0 bridgehead atoms. The molecule has 4 nitrogen and oxygen atoms in total. The Bertz CT molecular complexity index is 701. The average molecular weight is 348 g/mol. The minimum absolute atomic E-state index is 0.0790. The highest BCUT2D eigenvalue weighted by Crippen LogP contribution is 2.33. The van der Waals surface area contributed by atoms with Crippen molar-refractivity contribution in [2.45, 2.75) is 6.61 Å². The van der Waals surface area contributed by atoms with E-state index in [0.717, 1.165) is 12.1 Å². The van der Waals surface area contributed by atoms with Gasteiger partial charge in [-0.05, 0) is 18.2 Å². The standard InChI is InChI=1S/C14H9Cl3O4/c15-8-2-1-7(10(16)3-8)6-21-13-5-12(18)9(14(19)20)4-11(13)17/h1-5,18H,6H2,(H,19,20). The fourth-order valence-electron chi connectivity index (χ4n) is 1.62. The third-order valence-electron chi connectivity index (χ3n) is 2.68. The maximum atomic E-state index is 10.9. The number of carbonyl (C=O) groups is 1. The van der Waals surface area contributed by atoms with Crippen LogP contribution in [0.25, 0.3) is 0 Å². The number of carboxylic acid groups (broad SMARTS) is 1. The van der Waals surface area contributed by atoms with Gasteiger partial charge in [0.25, 0.3) is 0 Å². The number of halogens is 3. The van der Waals surface area contributed by atoms with Crippen LogP contribution in [0.15, 0.2) is 30.3 Å². The number of aromatic carboxylic acids is 1. The van der Waals surface area contributed by atoms with Crippen molar-refractivity contribution >= 4 is 40.8 Å². The monoisotopic (exact) mass is 346 g/mol. The number of rotatable bonds is 4. The summed E-state index contributed by atoms with van der Waals surface area (Å²) in [7, 11) is 0. The molecule has 0 aliphatic heterocycles. The summed E-state index contributed by atoms with van der Waals surface area (Å²) in [5.74, 6) is -1.55. The molecule has 0 heterocycles. The molecule has 2 aromatic carbocycles. The lowest BCUT2D eigenvalue weighted by molar-refractivity contribution is 0.0693. The first-order valence-corrected chi connectivity index (χ1v) is 6.84. The summed E-state index contributed by atoms with van der Waals surface area (Å²) in [4.78, 5) is 10.9. The Balaban J connectivity index is 2.20. The molecular formula is C14H9Cl3O4. The van der Waals surface area contributed by atoms with Crippen LogP contribution in [0.5, 0.6) is 11.5 Å². The summed E-state index contributed by atoms with van der Waals surface area (Å²) in [5.41, 5.74) is 0.385. The lowest BCUT2D eigenvalue weighted by Gasteiger charge is -2.11. The first-order chi connectivity index (χ1) is 9.88. The van der Waals surface area contributed by atoms with E-state index in [-0.39, 0.29) is 22.9 Å². The van der Waals surface area contributed by atoms with E-state index >= 15 is 0 Å². The molecule has 0 fully saturated rings. The molecule has 0 radical (unpaired) electrons. The van der Waals surface area contributed by atoms with Gasteiger partial charge in [-0.25, -0.2) is 4.79 Å². The Labute approximate surface area is 135 Å². The van der Waals surface area contributed by atoms with Crippen LogP contribution in [0, 0.1) is 0 Å². The van der Waals surface area contributed by atoms with Gasteiger partial charge in [0, 0.05) is 21.7 Å². The second-order valence-electron chi connectivity index (χ2n) is 4.13. The lowest BCUT2D eigenvalue weighted by atomic mass is 10.2. The minimum atomic E-state index is -1.28. The number of benzene rings is 2. The number of ether oxygens (including phenoxy) is 1. The van der Waals surface area contributed by atoms with E-state index in [1.165, 1.54) is 0 Å². The van der Waals surface area contributed by atoms with Crippen LogP contribution in [-0.4, -0.2) is 16.2 Å². The van der Waals surface area contributed by atoms with Gasteiger partial charge in [-0.2, -0.15) is 0 Å². The summed E-state index contributed by atoms with van der Waals surface area (Å²) in [5, 5.41) is 19.5. The molecule has 0 aromatic heterocycles. The molecule has 0 saturated heterocycles. The molecule has 0 unspecified atom stereocenters. The Kier molecular flexibility index (Phi) is 4.83. The molecule has 0 aliphatic carbocycles. The van der Waals surface area contributed by atoms with Gasteiger partial charge in [-0.1, -0.05) is 40.9 Å². The van der Waals surface area contributed by atoms with Gasteiger partial charge in [0.05, 0.1) is 5.02 Å². The van der Waals surface area contributed by atoms with Crippen LogP contribution >= 0.6 is 34.8 Å². The largest absolute Gasteiger partial charge is 0.507 e. The average Bonchev–Trinajstić information content (AvgIpc) is 2.40. The Morgan fingerprint density at radius 2 is 1.81 bits per heavy atom. The van der Waals surface area contributed by atoms with E-state index in [4.69, 9.17) is 44.6 Å². The predicted octanol–water partition coefficient (Wildman–Crippen LogP) is 4.63.